The van der Waals surface area contributed by atoms with Gasteiger partial charge in [-0.2, -0.15) is 0 Å². The van der Waals surface area contributed by atoms with Crippen molar-refractivity contribution in [2.45, 2.75) is 38.7 Å². The van der Waals surface area contributed by atoms with Gasteiger partial charge in [0.15, 0.2) is 6.10 Å². The van der Waals surface area contributed by atoms with Gasteiger partial charge in [0.05, 0.1) is 7.11 Å². The number of hydrogen-bond donors (Lipinski definition) is 0. The van der Waals surface area contributed by atoms with E-state index in [1.165, 1.54) is 14.2 Å². The van der Waals surface area contributed by atoms with Crippen LogP contribution in [0.3, 0.4) is 0 Å². The second kappa shape index (κ2) is 5.49. The summed E-state index contributed by atoms with van der Waals surface area (Å²) in [5, 5.41) is 0. The van der Waals surface area contributed by atoms with E-state index in [0.29, 0.717) is 0 Å². The van der Waals surface area contributed by atoms with E-state index < -0.39 is 6.10 Å². The third-order valence-electron chi connectivity index (χ3n) is 4.46. The molecule has 0 aromatic carbocycles. The minimum Gasteiger partial charge on any atom is -0.467 e. The van der Waals surface area contributed by atoms with Crippen molar-refractivity contribution in [3.05, 3.63) is 0 Å². The van der Waals surface area contributed by atoms with Crippen molar-refractivity contribution >= 4 is 11.9 Å². The van der Waals surface area contributed by atoms with E-state index in [-0.39, 0.29) is 23.2 Å². The summed E-state index contributed by atoms with van der Waals surface area (Å²) in [7, 11) is 2.91. The first kappa shape index (κ1) is 14.3. The first-order valence-electron chi connectivity index (χ1n) is 6.92. The second-order valence-electron chi connectivity index (χ2n) is 5.87. The molecular formula is C14H23NO4. The number of ether oxygens (including phenoxy) is 2. The van der Waals surface area contributed by atoms with Gasteiger partial charge in [-0.3, -0.25) is 4.79 Å². The Hall–Kier alpha value is -1.10. The summed E-state index contributed by atoms with van der Waals surface area (Å²) in [6.07, 6.45) is 3.12. The SMILES string of the molecule is COC(=O)C(OC)C1CCN(C(=O)C2(C)CC2)CC1. The average Bonchev–Trinajstić information content (AvgIpc) is 3.18. The summed E-state index contributed by atoms with van der Waals surface area (Å²) in [6.45, 7) is 3.47. The summed E-state index contributed by atoms with van der Waals surface area (Å²) in [5.41, 5.74) is -0.101. The fourth-order valence-corrected chi connectivity index (χ4v) is 2.79. The molecule has 0 aromatic heterocycles. The Bertz CT molecular complexity index is 356. The van der Waals surface area contributed by atoms with Crippen LogP contribution in [0.1, 0.15) is 32.6 Å². The largest absolute Gasteiger partial charge is 0.467 e. The molecule has 2 rings (SSSR count). The molecule has 1 amide bonds. The van der Waals surface area contributed by atoms with Crippen molar-refractivity contribution in [2.24, 2.45) is 11.3 Å². The molecule has 0 N–H and O–H groups in total. The van der Waals surface area contributed by atoms with Gasteiger partial charge in [0.1, 0.15) is 0 Å². The molecule has 19 heavy (non-hydrogen) atoms. The molecule has 1 saturated heterocycles. The number of carbonyl (C=O) groups is 2. The number of hydrogen-bond acceptors (Lipinski definition) is 4. The van der Waals surface area contributed by atoms with Crippen molar-refractivity contribution in [3.63, 3.8) is 0 Å². The van der Waals surface area contributed by atoms with E-state index in [2.05, 4.69) is 0 Å². The van der Waals surface area contributed by atoms with Gasteiger partial charge in [-0.15, -0.1) is 0 Å². The Morgan fingerprint density at radius 2 is 1.79 bits per heavy atom. The molecule has 108 valence electrons. The molecule has 5 nitrogen and oxygen atoms in total. The standard InChI is InChI=1S/C14H23NO4/c1-14(6-7-14)13(17)15-8-4-10(5-9-15)11(18-2)12(16)19-3/h10-11H,4-9H2,1-3H3. The maximum atomic E-state index is 12.2. The number of methoxy groups -OCH3 is 2. The Morgan fingerprint density at radius 1 is 1.21 bits per heavy atom. The smallest absolute Gasteiger partial charge is 0.335 e. The Balaban J connectivity index is 1.88. The Morgan fingerprint density at radius 3 is 2.21 bits per heavy atom. The molecule has 5 heteroatoms. The molecular weight excluding hydrogens is 246 g/mol. The van der Waals surface area contributed by atoms with E-state index in [9.17, 15) is 9.59 Å². The molecule has 1 aliphatic carbocycles. The highest BCUT2D eigenvalue weighted by Gasteiger charge is 2.47. The third kappa shape index (κ3) is 2.91. The molecule has 1 heterocycles. The molecule has 0 bridgehead atoms. The number of carbonyl (C=O) groups excluding carboxylic acids is 2. The highest BCUT2D eigenvalue weighted by molar-refractivity contribution is 5.85. The molecule has 2 aliphatic rings. The Labute approximate surface area is 114 Å². The van der Waals surface area contributed by atoms with E-state index >= 15 is 0 Å². The second-order valence-corrected chi connectivity index (χ2v) is 5.87. The summed E-state index contributed by atoms with van der Waals surface area (Å²) >= 11 is 0. The van der Waals surface area contributed by atoms with Gasteiger partial charge in [0.25, 0.3) is 0 Å². The lowest BCUT2D eigenvalue weighted by molar-refractivity contribution is -0.157. The van der Waals surface area contributed by atoms with Crippen molar-refractivity contribution in [1.82, 2.24) is 4.90 Å². The van der Waals surface area contributed by atoms with Crippen LogP contribution in [0.15, 0.2) is 0 Å². The van der Waals surface area contributed by atoms with Crippen molar-refractivity contribution in [2.75, 3.05) is 27.3 Å². The fraction of sp³-hybridized carbons (Fsp3) is 0.857. The van der Waals surface area contributed by atoms with Crippen LogP contribution in [0.2, 0.25) is 0 Å². The summed E-state index contributed by atoms with van der Waals surface area (Å²) < 4.78 is 9.99. The van der Waals surface area contributed by atoms with Gasteiger partial charge in [0.2, 0.25) is 5.91 Å². The summed E-state index contributed by atoms with van der Waals surface area (Å²) in [4.78, 5) is 25.8. The van der Waals surface area contributed by atoms with Crippen LogP contribution in [0.5, 0.6) is 0 Å². The van der Waals surface area contributed by atoms with Crippen LogP contribution < -0.4 is 0 Å². The zero-order chi connectivity index (χ0) is 14.0. The van der Waals surface area contributed by atoms with Crippen LogP contribution in [0, 0.1) is 11.3 Å². The van der Waals surface area contributed by atoms with Gasteiger partial charge in [-0.25, -0.2) is 4.79 Å². The highest BCUT2D eigenvalue weighted by atomic mass is 16.6. The minimum absolute atomic E-state index is 0.101. The van der Waals surface area contributed by atoms with Crippen LogP contribution >= 0.6 is 0 Å². The molecule has 1 atom stereocenters. The zero-order valence-corrected chi connectivity index (χ0v) is 12.0. The zero-order valence-electron chi connectivity index (χ0n) is 12.0. The van der Waals surface area contributed by atoms with Gasteiger partial charge < -0.3 is 14.4 Å². The molecule has 0 spiro atoms. The Kier molecular flexibility index (Phi) is 4.13. The van der Waals surface area contributed by atoms with E-state index in [4.69, 9.17) is 9.47 Å². The van der Waals surface area contributed by atoms with Crippen LogP contribution in [-0.2, 0) is 19.1 Å². The first-order chi connectivity index (χ1) is 9.01. The van der Waals surface area contributed by atoms with E-state index in [1.807, 2.05) is 11.8 Å². The number of rotatable bonds is 4. The highest BCUT2D eigenvalue weighted by Crippen LogP contribution is 2.47. The van der Waals surface area contributed by atoms with Gasteiger partial charge >= 0.3 is 5.97 Å². The third-order valence-corrected chi connectivity index (χ3v) is 4.46. The fourth-order valence-electron chi connectivity index (χ4n) is 2.79. The number of likely N-dealkylation sites (tertiary alicyclic amines) is 1. The van der Waals surface area contributed by atoms with Crippen molar-refractivity contribution in [1.29, 1.82) is 0 Å². The lowest BCUT2D eigenvalue weighted by Crippen LogP contribution is -2.45. The predicted octanol–water partition coefficient (Wildman–Crippen LogP) is 1.21. The van der Waals surface area contributed by atoms with Crippen LogP contribution in [0.25, 0.3) is 0 Å². The monoisotopic (exact) mass is 269 g/mol. The van der Waals surface area contributed by atoms with Crippen molar-refractivity contribution in [3.8, 4) is 0 Å². The maximum absolute atomic E-state index is 12.2. The summed E-state index contributed by atoms with van der Waals surface area (Å²) in [6, 6.07) is 0. The van der Waals surface area contributed by atoms with E-state index in [0.717, 1.165) is 38.8 Å². The summed E-state index contributed by atoms with van der Waals surface area (Å²) in [5.74, 6) is 0.105. The molecule has 1 saturated carbocycles. The lowest BCUT2D eigenvalue weighted by atomic mass is 9.90. The average molecular weight is 269 g/mol. The van der Waals surface area contributed by atoms with Crippen LogP contribution in [0.4, 0.5) is 0 Å². The number of esters is 1. The molecule has 0 aromatic rings. The lowest BCUT2D eigenvalue weighted by Gasteiger charge is -2.35. The topological polar surface area (TPSA) is 55.8 Å². The van der Waals surface area contributed by atoms with E-state index in [1.54, 1.807) is 0 Å². The van der Waals surface area contributed by atoms with Gasteiger partial charge in [-0.1, -0.05) is 6.92 Å². The van der Waals surface area contributed by atoms with Crippen LogP contribution in [-0.4, -0.2) is 50.2 Å². The quantitative estimate of drug-likeness (QED) is 0.720. The predicted molar refractivity (Wildman–Crippen MR) is 69.5 cm³/mol. The van der Waals surface area contributed by atoms with Crippen molar-refractivity contribution < 1.29 is 19.1 Å². The van der Waals surface area contributed by atoms with Gasteiger partial charge in [-0.05, 0) is 31.6 Å². The normalized spacial score (nSPS) is 23.8. The molecule has 0 radical (unpaired) electrons. The number of piperidine rings is 1. The first-order valence-corrected chi connectivity index (χ1v) is 6.92. The minimum atomic E-state index is -0.501. The molecule has 2 fully saturated rings. The number of amides is 1. The molecule has 1 unspecified atom stereocenters. The molecule has 1 aliphatic heterocycles. The number of nitrogens with zero attached hydrogens (tertiary/aromatic N) is 1. The van der Waals surface area contributed by atoms with Gasteiger partial charge in [0, 0.05) is 25.6 Å². The maximum Gasteiger partial charge on any atom is 0.335 e.